The third-order valence-electron chi connectivity index (χ3n) is 6.43. The molecule has 2 aliphatic rings. The minimum atomic E-state index is -1.09. The van der Waals surface area contributed by atoms with Gasteiger partial charge in [-0.1, -0.05) is 55.0 Å². The Hall–Kier alpha value is -3.35. The summed E-state index contributed by atoms with van der Waals surface area (Å²) < 4.78 is 5.53. The Kier molecular flexibility index (Phi) is 5.67. The molecular formula is C24H26N2O5. The molecule has 1 atom stereocenters. The summed E-state index contributed by atoms with van der Waals surface area (Å²) in [6.45, 7) is 1.75. The number of rotatable bonds is 7. The van der Waals surface area contributed by atoms with Crippen molar-refractivity contribution in [3.05, 3.63) is 59.7 Å². The van der Waals surface area contributed by atoms with Crippen molar-refractivity contribution in [2.75, 3.05) is 13.2 Å². The summed E-state index contributed by atoms with van der Waals surface area (Å²) in [6, 6.07) is 15.2. The van der Waals surface area contributed by atoms with Gasteiger partial charge in [0, 0.05) is 12.5 Å². The van der Waals surface area contributed by atoms with Crippen LogP contribution < -0.4 is 10.6 Å². The van der Waals surface area contributed by atoms with E-state index in [4.69, 9.17) is 9.84 Å². The minimum absolute atomic E-state index is 0.0319. The van der Waals surface area contributed by atoms with Crippen molar-refractivity contribution in [2.45, 2.75) is 38.1 Å². The second kappa shape index (κ2) is 8.41. The largest absolute Gasteiger partial charge is 0.480 e. The molecule has 1 saturated carbocycles. The standard InChI is InChI=1S/C24H26N2O5/c1-15(21(27)28)26-22(29)24(11-6-12-24)14-25-23(30)31-13-20-18-9-4-2-7-16(18)17-8-3-5-10-19(17)20/h2-5,7-10,15,20H,6,11-14H2,1H3,(H,25,30)(H,26,29)(H,27,28)/t15-/m0/s1. The van der Waals surface area contributed by atoms with E-state index in [0.29, 0.717) is 12.8 Å². The van der Waals surface area contributed by atoms with Crippen molar-refractivity contribution in [1.82, 2.24) is 10.6 Å². The van der Waals surface area contributed by atoms with Gasteiger partial charge < -0.3 is 20.5 Å². The predicted octanol–water partition coefficient (Wildman–Crippen LogP) is 3.28. The van der Waals surface area contributed by atoms with Crippen LogP contribution in [0.3, 0.4) is 0 Å². The number of ether oxygens (including phenoxy) is 1. The Morgan fingerprint density at radius 1 is 1.06 bits per heavy atom. The maximum Gasteiger partial charge on any atom is 0.407 e. The third kappa shape index (κ3) is 4.00. The average Bonchev–Trinajstić information content (AvgIpc) is 3.05. The minimum Gasteiger partial charge on any atom is -0.480 e. The lowest BCUT2D eigenvalue weighted by Crippen LogP contribution is -2.55. The van der Waals surface area contributed by atoms with Crippen molar-refractivity contribution < 1.29 is 24.2 Å². The van der Waals surface area contributed by atoms with Crippen LogP contribution in [0, 0.1) is 5.41 Å². The van der Waals surface area contributed by atoms with Gasteiger partial charge in [-0.15, -0.1) is 0 Å². The molecule has 0 aliphatic heterocycles. The molecule has 0 bridgehead atoms. The Bertz CT molecular complexity index is 969. The number of amides is 2. The highest BCUT2D eigenvalue weighted by molar-refractivity contribution is 5.88. The molecule has 0 spiro atoms. The SMILES string of the molecule is C[C@H](NC(=O)C1(CNC(=O)OCC2c3ccccc3-c3ccccc32)CCC1)C(=O)O. The maximum absolute atomic E-state index is 12.5. The number of carboxylic acid groups (broad SMARTS) is 1. The summed E-state index contributed by atoms with van der Waals surface area (Å²) in [5.41, 5.74) is 3.81. The number of hydrogen-bond acceptors (Lipinski definition) is 4. The zero-order valence-corrected chi connectivity index (χ0v) is 17.4. The number of nitrogens with one attached hydrogen (secondary N) is 2. The van der Waals surface area contributed by atoms with Gasteiger partial charge in [0.15, 0.2) is 0 Å². The normalized spacial score (nSPS) is 16.9. The zero-order valence-electron chi connectivity index (χ0n) is 17.4. The maximum atomic E-state index is 12.5. The first kappa shape index (κ1) is 20.9. The fourth-order valence-electron chi connectivity index (χ4n) is 4.39. The molecule has 0 radical (unpaired) electrons. The van der Waals surface area contributed by atoms with Crippen LogP contribution in [-0.4, -0.2) is 42.3 Å². The van der Waals surface area contributed by atoms with Gasteiger partial charge in [-0.3, -0.25) is 9.59 Å². The number of aliphatic carboxylic acids is 1. The first-order valence-corrected chi connectivity index (χ1v) is 10.5. The van der Waals surface area contributed by atoms with Crippen LogP contribution in [0.1, 0.15) is 43.2 Å². The number of carbonyl (C=O) groups excluding carboxylic acids is 2. The number of fused-ring (bicyclic) bond motifs is 3. The van der Waals surface area contributed by atoms with Crippen LogP contribution in [-0.2, 0) is 14.3 Å². The number of benzene rings is 2. The lowest BCUT2D eigenvalue weighted by atomic mass is 9.68. The predicted molar refractivity (Wildman–Crippen MR) is 115 cm³/mol. The van der Waals surface area contributed by atoms with Crippen molar-refractivity contribution in [2.24, 2.45) is 5.41 Å². The fraction of sp³-hybridized carbons (Fsp3) is 0.375. The van der Waals surface area contributed by atoms with E-state index in [-0.39, 0.29) is 25.0 Å². The molecule has 3 N–H and O–H groups in total. The van der Waals surface area contributed by atoms with Gasteiger partial charge in [-0.05, 0) is 42.0 Å². The number of alkyl carbamates (subject to hydrolysis) is 1. The molecular weight excluding hydrogens is 396 g/mol. The summed E-state index contributed by atoms with van der Waals surface area (Å²) in [5, 5.41) is 14.2. The molecule has 2 amide bonds. The van der Waals surface area contributed by atoms with E-state index in [0.717, 1.165) is 28.7 Å². The summed E-state index contributed by atoms with van der Waals surface area (Å²) in [6.07, 6.45) is 1.50. The first-order valence-electron chi connectivity index (χ1n) is 10.5. The van der Waals surface area contributed by atoms with E-state index in [1.165, 1.54) is 6.92 Å². The van der Waals surface area contributed by atoms with Crippen LogP contribution in [0.5, 0.6) is 0 Å². The van der Waals surface area contributed by atoms with Crippen molar-refractivity contribution in [1.29, 1.82) is 0 Å². The molecule has 2 aliphatic carbocycles. The van der Waals surface area contributed by atoms with E-state index in [9.17, 15) is 14.4 Å². The van der Waals surface area contributed by atoms with E-state index in [2.05, 4.69) is 34.9 Å². The van der Waals surface area contributed by atoms with Crippen LogP contribution >= 0.6 is 0 Å². The third-order valence-corrected chi connectivity index (χ3v) is 6.43. The monoisotopic (exact) mass is 422 g/mol. The van der Waals surface area contributed by atoms with E-state index < -0.39 is 23.5 Å². The van der Waals surface area contributed by atoms with Gasteiger partial charge in [0.2, 0.25) is 5.91 Å². The van der Waals surface area contributed by atoms with Crippen LogP contribution in [0.15, 0.2) is 48.5 Å². The lowest BCUT2D eigenvalue weighted by molar-refractivity contribution is -0.145. The van der Waals surface area contributed by atoms with Crippen molar-refractivity contribution in [3.8, 4) is 11.1 Å². The number of carboxylic acids is 1. The molecule has 2 aromatic carbocycles. The van der Waals surface area contributed by atoms with Crippen LogP contribution in [0.4, 0.5) is 4.79 Å². The Balaban J connectivity index is 1.36. The molecule has 7 heteroatoms. The smallest absolute Gasteiger partial charge is 0.407 e. The van der Waals surface area contributed by atoms with Gasteiger partial charge in [0.25, 0.3) is 0 Å². The van der Waals surface area contributed by atoms with Crippen molar-refractivity contribution in [3.63, 3.8) is 0 Å². The van der Waals surface area contributed by atoms with Crippen LogP contribution in [0.25, 0.3) is 11.1 Å². The summed E-state index contributed by atoms with van der Waals surface area (Å²) in [4.78, 5) is 36.0. The van der Waals surface area contributed by atoms with Gasteiger partial charge in [0.05, 0.1) is 5.41 Å². The molecule has 1 fully saturated rings. The summed E-state index contributed by atoms with van der Waals surface area (Å²) in [7, 11) is 0. The van der Waals surface area contributed by atoms with Gasteiger partial charge >= 0.3 is 12.1 Å². The summed E-state index contributed by atoms with van der Waals surface area (Å²) >= 11 is 0. The highest BCUT2D eigenvalue weighted by Crippen LogP contribution is 2.44. The Morgan fingerprint density at radius 3 is 2.16 bits per heavy atom. The molecule has 4 rings (SSSR count). The van der Waals surface area contributed by atoms with E-state index >= 15 is 0 Å². The second-order valence-corrected chi connectivity index (χ2v) is 8.35. The summed E-state index contributed by atoms with van der Waals surface area (Å²) in [5.74, 6) is -1.46. The highest BCUT2D eigenvalue weighted by atomic mass is 16.5. The Morgan fingerprint density at radius 2 is 1.65 bits per heavy atom. The van der Waals surface area contributed by atoms with Gasteiger partial charge in [-0.25, -0.2) is 4.79 Å². The molecule has 0 heterocycles. The van der Waals surface area contributed by atoms with E-state index in [1.54, 1.807) is 0 Å². The molecule has 162 valence electrons. The zero-order chi connectivity index (χ0) is 22.0. The lowest BCUT2D eigenvalue weighted by Gasteiger charge is -2.40. The van der Waals surface area contributed by atoms with Crippen LogP contribution in [0.2, 0.25) is 0 Å². The van der Waals surface area contributed by atoms with Crippen molar-refractivity contribution >= 4 is 18.0 Å². The average molecular weight is 422 g/mol. The quantitative estimate of drug-likeness (QED) is 0.635. The second-order valence-electron chi connectivity index (χ2n) is 8.35. The molecule has 31 heavy (non-hydrogen) atoms. The molecule has 0 aromatic heterocycles. The van der Waals surface area contributed by atoms with Gasteiger partial charge in [-0.2, -0.15) is 0 Å². The Labute approximate surface area is 180 Å². The molecule has 0 saturated heterocycles. The topological polar surface area (TPSA) is 105 Å². The number of hydrogen-bond donors (Lipinski definition) is 3. The fourth-order valence-corrected chi connectivity index (χ4v) is 4.39. The van der Waals surface area contributed by atoms with Gasteiger partial charge in [0.1, 0.15) is 12.6 Å². The van der Waals surface area contributed by atoms with E-state index in [1.807, 2.05) is 24.3 Å². The molecule has 7 nitrogen and oxygen atoms in total. The number of carbonyl (C=O) groups is 3. The molecule has 2 aromatic rings. The highest BCUT2D eigenvalue weighted by Gasteiger charge is 2.45. The molecule has 0 unspecified atom stereocenters. The first-order chi connectivity index (χ1) is 14.9.